The van der Waals surface area contributed by atoms with Crippen molar-refractivity contribution in [3.05, 3.63) is 58.9 Å². The molecule has 142 valence electrons. The predicted molar refractivity (Wildman–Crippen MR) is 101 cm³/mol. The Morgan fingerprint density at radius 3 is 2.89 bits per heavy atom. The molecule has 5 nitrogen and oxygen atoms in total. The van der Waals surface area contributed by atoms with Crippen molar-refractivity contribution in [1.82, 2.24) is 4.90 Å². The van der Waals surface area contributed by atoms with Crippen LogP contribution in [0.5, 0.6) is 5.75 Å². The number of ether oxygens (including phenoxy) is 1. The van der Waals surface area contributed by atoms with Crippen LogP contribution in [-0.4, -0.2) is 36.9 Å². The summed E-state index contributed by atoms with van der Waals surface area (Å²) in [5, 5.41) is 2.64. The molecule has 27 heavy (non-hydrogen) atoms. The van der Waals surface area contributed by atoms with Gasteiger partial charge in [-0.25, -0.2) is 4.39 Å². The molecule has 0 bridgehead atoms. The first-order valence-corrected chi connectivity index (χ1v) is 9.00. The molecule has 0 aliphatic carbocycles. The molecule has 3 rings (SSSR count). The third kappa shape index (κ3) is 4.77. The van der Waals surface area contributed by atoms with Gasteiger partial charge in [0.05, 0.1) is 18.1 Å². The summed E-state index contributed by atoms with van der Waals surface area (Å²) in [4.78, 5) is 26.3. The zero-order chi connectivity index (χ0) is 19.4. The average molecular weight is 391 g/mol. The van der Waals surface area contributed by atoms with Crippen LogP contribution in [0.1, 0.15) is 12.0 Å². The molecule has 1 saturated heterocycles. The van der Waals surface area contributed by atoms with Crippen LogP contribution in [-0.2, 0) is 16.0 Å². The number of nitrogens with zero attached hydrogens (tertiary/aromatic N) is 1. The van der Waals surface area contributed by atoms with Gasteiger partial charge in [0.25, 0.3) is 0 Å². The molecule has 1 fully saturated rings. The van der Waals surface area contributed by atoms with E-state index >= 15 is 0 Å². The maximum Gasteiger partial charge on any atom is 0.229 e. The number of amides is 2. The smallest absolute Gasteiger partial charge is 0.229 e. The van der Waals surface area contributed by atoms with Crippen LogP contribution in [0, 0.1) is 11.7 Å². The van der Waals surface area contributed by atoms with Crippen LogP contribution < -0.4 is 10.1 Å². The van der Waals surface area contributed by atoms with E-state index in [9.17, 15) is 14.0 Å². The van der Waals surface area contributed by atoms with E-state index in [1.54, 1.807) is 12.0 Å². The Bertz CT molecular complexity index is 859. The van der Waals surface area contributed by atoms with Crippen LogP contribution in [0.4, 0.5) is 10.1 Å². The first-order valence-electron chi connectivity index (χ1n) is 8.63. The number of nitrogens with one attached hydrogen (secondary N) is 1. The highest BCUT2D eigenvalue weighted by Crippen LogP contribution is 2.23. The second kappa shape index (κ2) is 8.39. The lowest BCUT2D eigenvalue weighted by Crippen LogP contribution is -2.30. The summed E-state index contributed by atoms with van der Waals surface area (Å²) in [6, 6.07) is 11.7. The predicted octanol–water partition coefficient (Wildman–Crippen LogP) is 3.52. The van der Waals surface area contributed by atoms with Crippen molar-refractivity contribution in [1.29, 1.82) is 0 Å². The molecule has 1 unspecified atom stereocenters. The number of carbonyl (C=O) groups is 2. The van der Waals surface area contributed by atoms with Gasteiger partial charge >= 0.3 is 0 Å². The number of anilines is 1. The van der Waals surface area contributed by atoms with Crippen molar-refractivity contribution in [2.45, 2.75) is 12.8 Å². The molecule has 0 saturated carbocycles. The Hall–Kier alpha value is -2.60. The van der Waals surface area contributed by atoms with E-state index in [1.165, 1.54) is 18.2 Å². The summed E-state index contributed by atoms with van der Waals surface area (Å²) in [7, 11) is 1.61. The van der Waals surface area contributed by atoms with Gasteiger partial charge in [0.15, 0.2) is 0 Å². The highest BCUT2D eigenvalue weighted by atomic mass is 35.5. The van der Waals surface area contributed by atoms with Crippen molar-refractivity contribution in [3.8, 4) is 5.75 Å². The van der Waals surface area contributed by atoms with Crippen LogP contribution in [0.25, 0.3) is 0 Å². The first kappa shape index (κ1) is 19.2. The molecule has 1 heterocycles. The number of hydrogen-bond donors (Lipinski definition) is 1. The van der Waals surface area contributed by atoms with E-state index in [4.69, 9.17) is 16.3 Å². The van der Waals surface area contributed by atoms with Crippen molar-refractivity contribution in [2.24, 2.45) is 5.92 Å². The minimum absolute atomic E-state index is 0.0461. The normalized spacial score (nSPS) is 16.5. The topological polar surface area (TPSA) is 58.6 Å². The van der Waals surface area contributed by atoms with E-state index in [2.05, 4.69) is 5.32 Å². The monoisotopic (exact) mass is 390 g/mol. The molecule has 1 atom stereocenters. The van der Waals surface area contributed by atoms with Crippen molar-refractivity contribution in [3.63, 3.8) is 0 Å². The summed E-state index contributed by atoms with van der Waals surface area (Å²) in [6.07, 6.45) is 0.851. The van der Waals surface area contributed by atoms with Gasteiger partial charge in [-0.1, -0.05) is 23.7 Å². The van der Waals surface area contributed by atoms with E-state index < -0.39 is 11.7 Å². The number of likely N-dealkylation sites (tertiary alicyclic amines) is 1. The molecule has 2 aromatic carbocycles. The maximum absolute atomic E-state index is 13.2. The molecule has 2 aromatic rings. The van der Waals surface area contributed by atoms with Gasteiger partial charge < -0.3 is 15.0 Å². The Morgan fingerprint density at radius 1 is 1.33 bits per heavy atom. The quantitative estimate of drug-likeness (QED) is 0.821. The third-order valence-electron chi connectivity index (χ3n) is 4.58. The zero-order valence-corrected chi connectivity index (χ0v) is 15.6. The Labute approximate surface area is 162 Å². The number of methoxy groups -OCH3 is 1. The van der Waals surface area contributed by atoms with E-state index in [0.29, 0.717) is 25.2 Å². The average Bonchev–Trinajstić information content (AvgIpc) is 3.04. The summed E-state index contributed by atoms with van der Waals surface area (Å²) < 4.78 is 18.4. The number of benzene rings is 2. The number of rotatable bonds is 6. The molecular weight excluding hydrogens is 371 g/mol. The van der Waals surface area contributed by atoms with Gasteiger partial charge in [0.1, 0.15) is 11.6 Å². The number of hydrogen-bond acceptors (Lipinski definition) is 3. The van der Waals surface area contributed by atoms with E-state index in [0.717, 1.165) is 11.3 Å². The summed E-state index contributed by atoms with van der Waals surface area (Å²) in [5.74, 6) is -0.526. The fourth-order valence-corrected chi connectivity index (χ4v) is 3.25. The van der Waals surface area contributed by atoms with Crippen LogP contribution in [0.15, 0.2) is 42.5 Å². The van der Waals surface area contributed by atoms with Crippen LogP contribution in [0.3, 0.4) is 0 Å². The number of carbonyl (C=O) groups excluding carboxylic acids is 2. The largest absolute Gasteiger partial charge is 0.497 e. The minimum Gasteiger partial charge on any atom is -0.497 e. The summed E-state index contributed by atoms with van der Waals surface area (Å²) in [6.45, 7) is 0.904. The Kier molecular flexibility index (Phi) is 5.96. The molecule has 1 N–H and O–H groups in total. The van der Waals surface area contributed by atoms with Crippen molar-refractivity contribution >= 4 is 29.1 Å². The molecule has 1 aliphatic rings. The minimum atomic E-state index is -0.547. The highest BCUT2D eigenvalue weighted by molar-refractivity contribution is 6.31. The summed E-state index contributed by atoms with van der Waals surface area (Å²) in [5.41, 5.74) is 1.48. The Balaban J connectivity index is 1.56. The lowest BCUT2D eigenvalue weighted by molar-refractivity contribution is -0.128. The summed E-state index contributed by atoms with van der Waals surface area (Å²) >= 11 is 5.73. The zero-order valence-electron chi connectivity index (χ0n) is 14.9. The van der Waals surface area contributed by atoms with Gasteiger partial charge in [-0.2, -0.15) is 0 Å². The third-order valence-corrected chi connectivity index (χ3v) is 4.87. The highest BCUT2D eigenvalue weighted by Gasteiger charge is 2.34. The van der Waals surface area contributed by atoms with Gasteiger partial charge in [0, 0.05) is 25.2 Å². The fraction of sp³-hybridized carbons (Fsp3) is 0.300. The SMILES string of the molecule is COc1cccc(CCN2CC(C(=O)Nc3ccc(F)c(Cl)c3)CC2=O)c1. The lowest BCUT2D eigenvalue weighted by Gasteiger charge is -2.17. The van der Waals surface area contributed by atoms with Gasteiger partial charge in [-0.05, 0) is 42.3 Å². The van der Waals surface area contributed by atoms with Crippen molar-refractivity contribution in [2.75, 3.05) is 25.5 Å². The van der Waals surface area contributed by atoms with Gasteiger partial charge in [0.2, 0.25) is 11.8 Å². The molecule has 0 aromatic heterocycles. The molecular formula is C20H20ClFN2O3. The Morgan fingerprint density at radius 2 is 2.15 bits per heavy atom. The van der Waals surface area contributed by atoms with Gasteiger partial charge in [-0.3, -0.25) is 9.59 Å². The van der Waals surface area contributed by atoms with Crippen LogP contribution >= 0.6 is 11.6 Å². The standard InChI is InChI=1S/C20H20ClFN2O3/c1-27-16-4-2-3-13(9-16)7-8-24-12-14(10-19(24)25)20(26)23-15-5-6-18(22)17(21)11-15/h2-6,9,11,14H,7-8,10,12H2,1H3,(H,23,26). The molecule has 0 radical (unpaired) electrons. The molecule has 1 aliphatic heterocycles. The van der Waals surface area contributed by atoms with Gasteiger partial charge in [-0.15, -0.1) is 0 Å². The first-order chi connectivity index (χ1) is 13.0. The van der Waals surface area contributed by atoms with Crippen molar-refractivity contribution < 1.29 is 18.7 Å². The van der Waals surface area contributed by atoms with E-state index in [1.807, 2.05) is 24.3 Å². The van der Waals surface area contributed by atoms with Crippen LogP contribution in [0.2, 0.25) is 5.02 Å². The molecule has 0 spiro atoms. The fourth-order valence-electron chi connectivity index (χ4n) is 3.07. The molecule has 2 amide bonds. The second-order valence-corrected chi connectivity index (χ2v) is 6.87. The van der Waals surface area contributed by atoms with E-state index in [-0.39, 0.29) is 23.3 Å². The number of halogens is 2. The second-order valence-electron chi connectivity index (χ2n) is 6.46. The molecule has 7 heteroatoms. The maximum atomic E-state index is 13.2. The lowest BCUT2D eigenvalue weighted by atomic mass is 10.1.